The number of benzene rings is 2. The Hall–Kier alpha value is -4.28. The highest BCUT2D eigenvalue weighted by molar-refractivity contribution is 6.99. The van der Waals surface area contributed by atoms with E-state index in [0.29, 0.717) is 35.5 Å². The van der Waals surface area contributed by atoms with Crippen molar-refractivity contribution < 1.29 is 13.2 Å². The average molecular weight is 610 g/mol. The number of aromatic nitrogens is 4. The number of aromatic amines is 1. The Bertz CT molecular complexity index is 1690. The van der Waals surface area contributed by atoms with Gasteiger partial charge in [-0.3, -0.25) is 0 Å². The first-order valence-electron chi connectivity index (χ1n) is 15.2. The number of nitroso groups, excluding NO2 is 1. The third-order valence-corrected chi connectivity index (χ3v) is 13.8. The van der Waals surface area contributed by atoms with Crippen LogP contribution < -0.4 is 20.1 Å². The van der Waals surface area contributed by atoms with Gasteiger partial charge in [0, 0.05) is 18.7 Å². The van der Waals surface area contributed by atoms with Gasteiger partial charge in [0.15, 0.2) is 17.3 Å². The zero-order valence-electron chi connectivity index (χ0n) is 25.3. The van der Waals surface area contributed by atoms with Crippen LogP contribution in [0.2, 0.25) is 5.04 Å². The SMILES string of the molecule is CC(C)(C)[Si](OCC1CCC(Nc2nc(-c3c[nH]c4ccc(F)c[n+]34)ncc2N=O)CC1)(c1ccccc1)c1ccccc1. The van der Waals surface area contributed by atoms with Gasteiger partial charge in [-0.1, -0.05) is 81.4 Å². The predicted octanol–water partition coefficient (Wildman–Crippen LogP) is 6.29. The molecule has 0 spiro atoms. The summed E-state index contributed by atoms with van der Waals surface area (Å²) in [6.07, 6.45) is 8.33. The average Bonchev–Trinajstić information content (AvgIpc) is 3.45. The maximum atomic E-state index is 13.9. The molecule has 3 aromatic heterocycles. The highest BCUT2D eigenvalue weighted by atomic mass is 28.4. The molecule has 1 aliphatic carbocycles. The molecule has 0 unspecified atom stereocenters. The Balaban J connectivity index is 1.17. The van der Waals surface area contributed by atoms with Crippen LogP contribution in [0.5, 0.6) is 0 Å². The molecule has 0 radical (unpaired) electrons. The van der Waals surface area contributed by atoms with E-state index in [1.807, 2.05) is 0 Å². The molecule has 2 N–H and O–H groups in total. The van der Waals surface area contributed by atoms with E-state index in [1.54, 1.807) is 16.7 Å². The van der Waals surface area contributed by atoms with Crippen LogP contribution in [0.25, 0.3) is 17.2 Å². The zero-order valence-corrected chi connectivity index (χ0v) is 26.3. The molecular formula is C34H38FN6O2Si+. The summed E-state index contributed by atoms with van der Waals surface area (Å²) >= 11 is 0. The van der Waals surface area contributed by atoms with Gasteiger partial charge in [-0.05, 0) is 58.3 Å². The zero-order chi connectivity index (χ0) is 30.7. The van der Waals surface area contributed by atoms with Crippen LogP contribution in [0, 0.1) is 16.6 Å². The Morgan fingerprint density at radius 2 is 1.66 bits per heavy atom. The summed E-state index contributed by atoms with van der Waals surface area (Å²) in [7, 11) is -2.59. The number of hydrogen-bond donors (Lipinski definition) is 2. The first kappa shape index (κ1) is 29.8. The molecule has 1 saturated carbocycles. The summed E-state index contributed by atoms with van der Waals surface area (Å²) in [6.45, 7) is 7.62. The molecule has 0 saturated heterocycles. The van der Waals surface area contributed by atoms with Crippen molar-refractivity contribution in [3.63, 3.8) is 0 Å². The number of rotatable bonds is 9. The minimum absolute atomic E-state index is 0.0632. The fourth-order valence-corrected chi connectivity index (χ4v) is 11.2. The van der Waals surface area contributed by atoms with Crippen molar-refractivity contribution in [2.24, 2.45) is 11.1 Å². The summed E-state index contributed by atoms with van der Waals surface area (Å²) in [6, 6.07) is 24.7. The second-order valence-electron chi connectivity index (χ2n) is 12.6. The van der Waals surface area contributed by atoms with Crippen molar-refractivity contribution in [1.82, 2.24) is 15.0 Å². The van der Waals surface area contributed by atoms with Crippen LogP contribution in [0.15, 0.2) is 96.6 Å². The number of nitrogens with zero attached hydrogens (tertiary/aromatic N) is 4. The van der Waals surface area contributed by atoms with Gasteiger partial charge >= 0.3 is 0 Å². The first-order chi connectivity index (χ1) is 21.3. The largest absolute Gasteiger partial charge is 0.407 e. The second kappa shape index (κ2) is 12.4. The van der Waals surface area contributed by atoms with E-state index >= 15 is 0 Å². The van der Waals surface area contributed by atoms with Gasteiger partial charge < -0.3 is 9.74 Å². The van der Waals surface area contributed by atoms with Crippen LogP contribution in [0.3, 0.4) is 0 Å². The Morgan fingerprint density at radius 3 is 2.27 bits per heavy atom. The van der Waals surface area contributed by atoms with Gasteiger partial charge in [0.05, 0.1) is 6.20 Å². The second-order valence-corrected chi connectivity index (χ2v) is 16.9. The summed E-state index contributed by atoms with van der Waals surface area (Å²) in [4.78, 5) is 23.7. The lowest BCUT2D eigenvalue weighted by Crippen LogP contribution is -2.67. The molecular weight excluding hydrogens is 571 g/mol. The fraction of sp³-hybridized carbons (Fsp3) is 0.324. The van der Waals surface area contributed by atoms with E-state index in [4.69, 9.17) is 4.43 Å². The normalized spacial score (nSPS) is 17.5. The van der Waals surface area contributed by atoms with Gasteiger partial charge in [0.25, 0.3) is 14.0 Å². The monoisotopic (exact) mass is 609 g/mol. The first-order valence-corrected chi connectivity index (χ1v) is 17.1. The summed E-state index contributed by atoms with van der Waals surface area (Å²) in [5.74, 6) is 0.818. The number of nitrogens with one attached hydrogen (secondary N) is 2. The van der Waals surface area contributed by atoms with Crippen LogP contribution in [0.4, 0.5) is 15.9 Å². The molecule has 8 nitrogen and oxygen atoms in total. The van der Waals surface area contributed by atoms with Crippen molar-refractivity contribution in [3.05, 3.63) is 102 Å². The van der Waals surface area contributed by atoms with Gasteiger partial charge in [-0.15, -0.1) is 4.91 Å². The van der Waals surface area contributed by atoms with E-state index in [-0.39, 0.29) is 22.6 Å². The van der Waals surface area contributed by atoms with Crippen LogP contribution >= 0.6 is 0 Å². The fourth-order valence-electron chi connectivity index (χ4n) is 6.52. The van der Waals surface area contributed by atoms with Crippen molar-refractivity contribution in [2.45, 2.75) is 57.5 Å². The van der Waals surface area contributed by atoms with Gasteiger partial charge in [0.1, 0.15) is 12.4 Å². The van der Waals surface area contributed by atoms with Gasteiger partial charge in [-0.25, -0.2) is 19.3 Å². The summed E-state index contributed by atoms with van der Waals surface area (Å²) in [5.41, 5.74) is 1.45. The minimum atomic E-state index is -2.59. The van der Waals surface area contributed by atoms with Gasteiger partial charge in [-0.2, -0.15) is 4.40 Å². The molecule has 44 heavy (non-hydrogen) atoms. The predicted molar refractivity (Wildman–Crippen MR) is 173 cm³/mol. The maximum absolute atomic E-state index is 13.9. The topological polar surface area (TPSA) is 96.4 Å². The smallest absolute Gasteiger partial charge is 0.284 e. The summed E-state index contributed by atoms with van der Waals surface area (Å²) in [5, 5.41) is 9.14. The van der Waals surface area contributed by atoms with Crippen LogP contribution in [-0.4, -0.2) is 35.9 Å². The summed E-state index contributed by atoms with van der Waals surface area (Å²) < 4.78 is 22.8. The van der Waals surface area contributed by atoms with Crippen molar-refractivity contribution in [2.75, 3.05) is 11.9 Å². The Labute approximate surface area is 257 Å². The standard InChI is InChI=1S/C34H37FN6O2Si/c1-34(2,3)44(27-10-6-4-7-11-27,28-12-8-5-9-13-28)43-23-24-14-17-26(18-15-24)38-32-29(40-42)20-37-33(39-32)30-21-36-31-19-16-25(35)22-41(30)31/h4-13,16,19-22,24,26H,14-15,17-18,23H2,1-3H3,(H,37,38,39,42)/p+1. The molecule has 0 amide bonds. The highest BCUT2D eigenvalue weighted by Crippen LogP contribution is 2.38. The highest BCUT2D eigenvalue weighted by Gasteiger charge is 2.50. The number of halogens is 1. The molecule has 0 atom stereocenters. The Kier molecular flexibility index (Phi) is 8.37. The number of imidazole rings is 1. The molecule has 0 aliphatic heterocycles. The molecule has 10 heteroatoms. The molecule has 226 valence electrons. The maximum Gasteiger partial charge on any atom is 0.284 e. The minimum Gasteiger partial charge on any atom is -0.407 e. The Morgan fingerprint density at radius 1 is 1.00 bits per heavy atom. The third-order valence-electron chi connectivity index (χ3n) is 8.77. The third kappa shape index (κ3) is 5.79. The molecule has 2 aromatic carbocycles. The van der Waals surface area contributed by atoms with Crippen molar-refractivity contribution in [1.29, 1.82) is 0 Å². The molecule has 6 rings (SSSR count). The molecule has 1 fully saturated rings. The quantitative estimate of drug-likeness (QED) is 0.116. The van der Waals surface area contributed by atoms with E-state index in [9.17, 15) is 9.30 Å². The number of anilines is 1. The molecule has 0 bridgehead atoms. The van der Waals surface area contributed by atoms with E-state index in [1.165, 1.54) is 28.8 Å². The van der Waals surface area contributed by atoms with Crippen molar-refractivity contribution >= 4 is 35.8 Å². The van der Waals surface area contributed by atoms with Crippen molar-refractivity contribution in [3.8, 4) is 11.5 Å². The molecule has 3 heterocycles. The number of pyridine rings is 1. The lowest BCUT2D eigenvalue weighted by Gasteiger charge is -2.44. The van der Waals surface area contributed by atoms with Crippen LogP contribution in [0.1, 0.15) is 46.5 Å². The molecule has 5 aromatic rings. The van der Waals surface area contributed by atoms with E-state index in [0.717, 1.165) is 25.7 Å². The van der Waals surface area contributed by atoms with Gasteiger partial charge in [0.2, 0.25) is 11.5 Å². The number of H-pyrrole nitrogens is 1. The van der Waals surface area contributed by atoms with Crippen LogP contribution in [-0.2, 0) is 4.43 Å². The number of hydrogen-bond acceptors (Lipinski definition) is 6. The van der Waals surface area contributed by atoms with E-state index < -0.39 is 8.32 Å². The number of fused-ring (bicyclic) bond motifs is 1. The lowest BCUT2D eigenvalue weighted by molar-refractivity contribution is -0.500. The van der Waals surface area contributed by atoms with E-state index in [2.05, 4.69) is 107 Å². The lowest BCUT2D eigenvalue weighted by atomic mass is 9.86. The molecule has 1 aliphatic rings.